The van der Waals surface area contributed by atoms with Gasteiger partial charge in [-0.25, -0.2) is 0 Å². The average Bonchev–Trinajstić information content (AvgIpc) is 2.97. The molecule has 112 valence electrons. The van der Waals surface area contributed by atoms with Crippen molar-refractivity contribution in [2.75, 3.05) is 0 Å². The number of unbranched alkanes of at least 4 members (excludes halogenated alkanes) is 2. The minimum atomic E-state index is -0.0994. The van der Waals surface area contributed by atoms with E-state index in [1.807, 2.05) is 0 Å². The molecule has 1 aliphatic carbocycles. The first kappa shape index (κ1) is 15.3. The molecule has 0 N–H and O–H groups in total. The van der Waals surface area contributed by atoms with Crippen molar-refractivity contribution in [1.82, 2.24) is 4.90 Å². The Kier molecular flexibility index (Phi) is 5.38. The summed E-state index contributed by atoms with van der Waals surface area (Å²) in [6, 6.07) is 0.151. The van der Waals surface area contributed by atoms with Crippen molar-refractivity contribution in [3.05, 3.63) is 12.2 Å². The first-order valence-corrected chi connectivity index (χ1v) is 8.24. The number of nitrogens with zero attached hydrogens (tertiary/aromatic N) is 1. The Morgan fingerprint density at radius 2 is 1.60 bits per heavy atom. The molecule has 2 rings (SSSR count). The van der Waals surface area contributed by atoms with Gasteiger partial charge in [0.25, 0.3) is 11.8 Å². The number of carbonyl (C=O) groups is 2. The average molecular weight is 277 g/mol. The van der Waals surface area contributed by atoms with Crippen LogP contribution in [0.15, 0.2) is 12.2 Å². The van der Waals surface area contributed by atoms with Crippen molar-refractivity contribution >= 4 is 11.8 Å². The van der Waals surface area contributed by atoms with Crippen molar-refractivity contribution in [2.24, 2.45) is 11.8 Å². The molecule has 1 saturated carbocycles. The molecular weight excluding hydrogens is 250 g/mol. The van der Waals surface area contributed by atoms with Gasteiger partial charge in [-0.3, -0.25) is 14.5 Å². The summed E-state index contributed by atoms with van der Waals surface area (Å²) >= 11 is 0. The Morgan fingerprint density at radius 3 is 2.20 bits per heavy atom. The highest BCUT2D eigenvalue weighted by molar-refractivity contribution is 6.13. The normalized spacial score (nSPS) is 29.7. The fraction of sp³-hybridized carbons (Fsp3) is 0.765. The van der Waals surface area contributed by atoms with Gasteiger partial charge in [-0.15, -0.1) is 0 Å². The van der Waals surface area contributed by atoms with E-state index < -0.39 is 0 Å². The molecule has 0 aromatic heterocycles. The first-order valence-electron chi connectivity index (χ1n) is 8.24. The fourth-order valence-electron chi connectivity index (χ4n) is 3.88. The second kappa shape index (κ2) is 7.05. The largest absolute Gasteiger partial charge is 0.272 e. The van der Waals surface area contributed by atoms with E-state index in [2.05, 4.69) is 13.8 Å². The predicted molar refractivity (Wildman–Crippen MR) is 80.0 cm³/mol. The maximum atomic E-state index is 11.9. The van der Waals surface area contributed by atoms with E-state index in [0.717, 1.165) is 12.8 Å². The summed E-state index contributed by atoms with van der Waals surface area (Å²) in [6.07, 6.45) is 12.3. The molecule has 2 amide bonds. The summed E-state index contributed by atoms with van der Waals surface area (Å²) in [5.41, 5.74) is 0. The zero-order chi connectivity index (χ0) is 14.5. The van der Waals surface area contributed by atoms with Crippen LogP contribution in [0.4, 0.5) is 0 Å². The van der Waals surface area contributed by atoms with Crippen LogP contribution in [-0.4, -0.2) is 22.8 Å². The number of amides is 2. The van der Waals surface area contributed by atoms with E-state index in [0.29, 0.717) is 11.8 Å². The molecule has 2 aliphatic rings. The Bertz CT molecular complexity index is 370. The molecule has 1 heterocycles. The van der Waals surface area contributed by atoms with Crippen LogP contribution in [0.1, 0.15) is 65.2 Å². The second-order valence-corrected chi connectivity index (χ2v) is 6.23. The van der Waals surface area contributed by atoms with Crippen molar-refractivity contribution < 1.29 is 9.59 Å². The molecule has 0 aromatic rings. The van der Waals surface area contributed by atoms with E-state index in [9.17, 15) is 9.59 Å². The van der Waals surface area contributed by atoms with Gasteiger partial charge < -0.3 is 0 Å². The molecule has 3 heteroatoms. The maximum Gasteiger partial charge on any atom is 0.253 e. The molecular formula is C17H27NO2. The highest BCUT2D eigenvalue weighted by Gasteiger charge is 2.42. The van der Waals surface area contributed by atoms with Gasteiger partial charge in [0, 0.05) is 18.2 Å². The quantitative estimate of drug-likeness (QED) is 0.666. The molecule has 3 atom stereocenters. The molecule has 0 aromatic carbocycles. The van der Waals surface area contributed by atoms with Crippen molar-refractivity contribution in [3.8, 4) is 0 Å². The number of hydrogen-bond donors (Lipinski definition) is 0. The lowest BCUT2D eigenvalue weighted by Crippen LogP contribution is -2.43. The van der Waals surface area contributed by atoms with Gasteiger partial charge in [0.1, 0.15) is 0 Å². The summed E-state index contributed by atoms with van der Waals surface area (Å²) in [5, 5.41) is 0. The molecule has 0 radical (unpaired) electrons. The topological polar surface area (TPSA) is 37.4 Å². The van der Waals surface area contributed by atoms with Gasteiger partial charge in [0.15, 0.2) is 0 Å². The lowest BCUT2D eigenvalue weighted by molar-refractivity contribution is -0.140. The van der Waals surface area contributed by atoms with Gasteiger partial charge in [-0.1, -0.05) is 46.0 Å². The van der Waals surface area contributed by atoms with Crippen LogP contribution in [0, 0.1) is 11.8 Å². The summed E-state index contributed by atoms with van der Waals surface area (Å²) in [7, 11) is 0. The molecule has 0 saturated heterocycles. The molecule has 0 bridgehead atoms. The van der Waals surface area contributed by atoms with Crippen LogP contribution in [0.25, 0.3) is 0 Å². The Balaban J connectivity index is 2.06. The van der Waals surface area contributed by atoms with Crippen LogP contribution in [0.3, 0.4) is 0 Å². The number of hydrogen-bond acceptors (Lipinski definition) is 2. The van der Waals surface area contributed by atoms with Crippen molar-refractivity contribution in [1.29, 1.82) is 0 Å². The predicted octanol–water partition coefficient (Wildman–Crippen LogP) is 3.69. The number of imide groups is 1. The van der Waals surface area contributed by atoms with Crippen molar-refractivity contribution in [3.63, 3.8) is 0 Å². The van der Waals surface area contributed by atoms with E-state index in [1.165, 1.54) is 55.6 Å². The molecule has 1 fully saturated rings. The summed E-state index contributed by atoms with van der Waals surface area (Å²) < 4.78 is 0. The van der Waals surface area contributed by atoms with E-state index in [4.69, 9.17) is 0 Å². The Labute approximate surface area is 122 Å². The summed E-state index contributed by atoms with van der Waals surface area (Å²) in [6.45, 7) is 4.43. The molecule has 0 unspecified atom stereocenters. The van der Waals surface area contributed by atoms with Crippen LogP contribution in [0.5, 0.6) is 0 Å². The third-order valence-electron chi connectivity index (χ3n) is 4.93. The van der Waals surface area contributed by atoms with E-state index in [-0.39, 0.29) is 17.9 Å². The van der Waals surface area contributed by atoms with Gasteiger partial charge >= 0.3 is 0 Å². The van der Waals surface area contributed by atoms with E-state index in [1.54, 1.807) is 0 Å². The minimum Gasteiger partial charge on any atom is -0.272 e. The molecule has 1 aliphatic heterocycles. The van der Waals surface area contributed by atoms with Gasteiger partial charge in [0.2, 0.25) is 0 Å². The highest BCUT2D eigenvalue weighted by Crippen LogP contribution is 2.42. The molecule has 20 heavy (non-hydrogen) atoms. The lowest BCUT2D eigenvalue weighted by atomic mass is 9.85. The van der Waals surface area contributed by atoms with Crippen LogP contribution < -0.4 is 0 Å². The number of carbonyl (C=O) groups excluding carboxylic acids is 2. The number of rotatable bonds is 7. The van der Waals surface area contributed by atoms with Gasteiger partial charge in [-0.2, -0.15) is 0 Å². The van der Waals surface area contributed by atoms with Crippen molar-refractivity contribution in [2.45, 2.75) is 71.3 Å². The monoisotopic (exact) mass is 277 g/mol. The van der Waals surface area contributed by atoms with E-state index >= 15 is 0 Å². The lowest BCUT2D eigenvalue weighted by Gasteiger charge is -2.30. The standard InChI is InChI=1S/C17H27NO2/c1-3-5-7-13-9-10-15(14(13)8-6-4-2)18-16(19)11-12-17(18)20/h11-15H,3-10H2,1-2H3/t13-,14-,15-/m0/s1. The van der Waals surface area contributed by atoms with Crippen LogP contribution >= 0.6 is 0 Å². The van der Waals surface area contributed by atoms with Crippen LogP contribution in [0.2, 0.25) is 0 Å². The molecule has 0 spiro atoms. The maximum absolute atomic E-state index is 11.9. The third-order valence-corrected chi connectivity index (χ3v) is 4.93. The zero-order valence-electron chi connectivity index (χ0n) is 12.8. The first-order chi connectivity index (χ1) is 9.69. The Hall–Kier alpha value is -1.12. The Morgan fingerprint density at radius 1 is 1.00 bits per heavy atom. The van der Waals surface area contributed by atoms with Crippen LogP contribution in [-0.2, 0) is 9.59 Å². The second-order valence-electron chi connectivity index (χ2n) is 6.23. The minimum absolute atomic E-state index is 0.0994. The smallest absolute Gasteiger partial charge is 0.253 e. The van der Waals surface area contributed by atoms with Gasteiger partial charge in [-0.05, 0) is 31.1 Å². The highest BCUT2D eigenvalue weighted by atomic mass is 16.2. The summed E-state index contributed by atoms with van der Waals surface area (Å²) in [4.78, 5) is 25.4. The fourth-order valence-corrected chi connectivity index (χ4v) is 3.88. The summed E-state index contributed by atoms with van der Waals surface area (Å²) in [5.74, 6) is 1.03. The zero-order valence-corrected chi connectivity index (χ0v) is 12.8. The molecule has 3 nitrogen and oxygen atoms in total. The van der Waals surface area contributed by atoms with Gasteiger partial charge in [0.05, 0.1) is 0 Å². The SMILES string of the molecule is CCCC[C@H]1CC[C@H](N2C(=O)C=CC2=O)[C@H]1CCCC. The third kappa shape index (κ3) is 3.13.